The minimum Gasteiger partial charge on any atom is -0.450 e. The van der Waals surface area contributed by atoms with Gasteiger partial charge in [0, 0.05) is 36.9 Å². The Morgan fingerprint density at radius 3 is 2.61 bits per heavy atom. The number of halogens is 1. The summed E-state index contributed by atoms with van der Waals surface area (Å²) in [6.45, 7) is 6.83. The van der Waals surface area contributed by atoms with Gasteiger partial charge in [-0.2, -0.15) is 0 Å². The molecule has 1 fully saturated rings. The van der Waals surface area contributed by atoms with Crippen LogP contribution in [0.3, 0.4) is 0 Å². The van der Waals surface area contributed by atoms with Crippen molar-refractivity contribution in [1.82, 2.24) is 9.80 Å². The van der Waals surface area contributed by atoms with Gasteiger partial charge >= 0.3 is 6.09 Å². The lowest BCUT2D eigenvalue weighted by atomic mass is 10.2. The third kappa shape index (κ3) is 5.11. The molecule has 0 spiro atoms. The summed E-state index contributed by atoms with van der Waals surface area (Å²) in [6.07, 6.45) is -0.286. The molecule has 1 aliphatic rings. The summed E-state index contributed by atoms with van der Waals surface area (Å²) in [4.78, 5) is 27.5. The molecule has 0 bridgehead atoms. The van der Waals surface area contributed by atoms with Crippen molar-refractivity contribution in [2.45, 2.75) is 13.8 Å². The lowest BCUT2D eigenvalue weighted by Gasteiger charge is -2.33. The molecule has 0 saturated carbocycles. The molecule has 6 nitrogen and oxygen atoms in total. The SMILES string of the molecule is CCOC(=O)N1CCN(CC(=O)Nc2cc(Cl)ccc2C)CC1. The minimum absolute atomic E-state index is 0.0834. The quantitative estimate of drug-likeness (QED) is 0.914. The Morgan fingerprint density at radius 2 is 1.96 bits per heavy atom. The second-order valence-corrected chi connectivity index (χ2v) is 5.91. The van der Waals surface area contributed by atoms with E-state index in [1.54, 1.807) is 24.0 Å². The van der Waals surface area contributed by atoms with Gasteiger partial charge in [-0.15, -0.1) is 0 Å². The molecule has 1 aliphatic heterocycles. The average Bonchev–Trinajstić information content (AvgIpc) is 2.52. The highest BCUT2D eigenvalue weighted by atomic mass is 35.5. The van der Waals surface area contributed by atoms with Crippen molar-refractivity contribution in [1.29, 1.82) is 0 Å². The van der Waals surface area contributed by atoms with Crippen molar-refractivity contribution in [2.24, 2.45) is 0 Å². The fraction of sp³-hybridized carbons (Fsp3) is 0.500. The molecule has 2 amide bonds. The number of piperazine rings is 1. The van der Waals surface area contributed by atoms with Gasteiger partial charge in [0.25, 0.3) is 0 Å². The number of aryl methyl sites for hydroxylation is 1. The lowest BCUT2D eigenvalue weighted by Crippen LogP contribution is -2.50. The fourth-order valence-corrected chi connectivity index (χ4v) is 2.60. The van der Waals surface area contributed by atoms with Gasteiger partial charge in [-0.05, 0) is 31.5 Å². The summed E-state index contributed by atoms with van der Waals surface area (Å²) in [6, 6.07) is 5.41. The van der Waals surface area contributed by atoms with Gasteiger partial charge in [0.15, 0.2) is 0 Å². The highest BCUT2D eigenvalue weighted by Crippen LogP contribution is 2.20. The van der Waals surface area contributed by atoms with Crippen LogP contribution in [-0.4, -0.2) is 61.1 Å². The second kappa shape index (κ2) is 8.17. The topological polar surface area (TPSA) is 61.9 Å². The first kappa shape index (κ1) is 17.6. The molecule has 0 unspecified atom stereocenters. The standard InChI is InChI=1S/C16H22ClN3O3/c1-3-23-16(22)20-8-6-19(7-9-20)11-15(21)18-14-10-13(17)5-4-12(14)2/h4-5,10H,3,6-9,11H2,1-2H3,(H,18,21). The summed E-state index contributed by atoms with van der Waals surface area (Å²) in [5, 5.41) is 3.47. The molecule has 0 atom stereocenters. The van der Waals surface area contributed by atoms with Crippen LogP contribution in [0.1, 0.15) is 12.5 Å². The van der Waals surface area contributed by atoms with E-state index in [0.29, 0.717) is 44.4 Å². The number of rotatable bonds is 4. The summed E-state index contributed by atoms with van der Waals surface area (Å²) in [7, 11) is 0. The van der Waals surface area contributed by atoms with E-state index in [1.807, 2.05) is 17.9 Å². The van der Waals surface area contributed by atoms with Crippen LogP contribution < -0.4 is 5.32 Å². The number of hydrogen-bond donors (Lipinski definition) is 1. The Bertz CT molecular complexity index is 572. The normalized spacial score (nSPS) is 15.3. The molecule has 7 heteroatoms. The third-order valence-corrected chi connectivity index (χ3v) is 3.97. The van der Waals surface area contributed by atoms with Crippen LogP contribution in [0.2, 0.25) is 5.02 Å². The van der Waals surface area contributed by atoms with Crippen LogP contribution in [0.25, 0.3) is 0 Å². The summed E-state index contributed by atoms with van der Waals surface area (Å²) in [5.41, 5.74) is 1.70. The summed E-state index contributed by atoms with van der Waals surface area (Å²) in [5.74, 6) is -0.0834. The van der Waals surface area contributed by atoms with E-state index in [9.17, 15) is 9.59 Å². The van der Waals surface area contributed by atoms with Crippen molar-refractivity contribution in [3.8, 4) is 0 Å². The Morgan fingerprint density at radius 1 is 1.26 bits per heavy atom. The van der Waals surface area contributed by atoms with Gasteiger partial charge < -0.3 is 15.0 Å². The molecular weight excluding hydrogens is 318 g/mol. The molecule has 1 heterocycles. The highest BCUT2D eigenvalue weighted by molar-refractivity contribution is 6.31. The number of nitrogens with zero attached hydrogens (tertiary/aromatic N) is 2. The molecular formula is C16H22ClN3O3. The van der Waals surface area contributed by atoms with E-state index in [4.69, 9.17) is 16.3 Å². The monoisotopic (exact) mass is 339 g/mol. The van der Waals surface area contributed by atoms with E-state index in [0.717, 1.165) is 11.3 Å². The van der Waals surface area contributed by atoms with Gasteiger partial charge in [0.1, 0.15) is 0 Å². The maximum absolute atomic E-state index is 12.2. The number of nitrogens with one attached hydrogen (secondary N) is 1. The predicted molar refractivity (Wildman–Crippen MR) is 89.9 cm³/mol. The maximum atomic E-state index is 12.2. The van der Waals surface area contributed by atoms with Crippen LogP contribution in [-0.2, 0) is 9.53 Å². The largest absolute Gasteiger partial charge is 0.450 e. The molecule has 0 radical (unpaired) electrons. The van der Waals surface area contributed by atoms with Gasteiger partial charge in [0.05, 0.1) is 13.2 Å². The molecule has 2 rings (SSSR count). The van der Waals surface area contributed by atoms with Crippen LogP contribution in [0.15, 0.2) is 18.2 Å². The smallest absolute Gasteiger partial charge is 0.409 e. The van der Waals surface area contributed by atoms with Crippen LogP contribution in [0.5, 0.6) is 0 Å². The van der Waals surface area contributed by atoms with E-state index in [2.05, 4.69) is 5.32 Å². The summed E-state index contributed by atoms with van der Waals surface area (Å²) < 4.78 is 4.98. The Balaban J connectivity index is 1.81. The minimum atomic E-state index is -0.286. The number of anilines is 1. The van der Waals surface area contributed by atoms with Crippen LogP contribution in [0, 0.1) is 6.92 Å². The molecule has 0 aliphatic carbocycles. The van der Waals surface area contributed by atoms with Crippen molar-refractivity contribution < 1.29 is 14.3 Å². The van der Waals surface area contributed by atoms with Crippen LogP contribution >= 0.6 is 11.6 Å². The van der Waals surface area contributed by atoms with Crippen LogP contribution in [0.4, 0.5) is 10.5 Å². The van der Waals surface area contributed by atoms with Gasteiger partial charge in [-0.25, -0.2) is 4.79 Å². The number of benzene rings is 1. The third-order valence-electron chi connectivity index (χ3n) is 3.74. The van der Waals surface area contributed by atoms with Crippen molar-refractivity contribution in [3.05, 3.63) is 28.8 Å². The first-order valence-electron chi connectivity index (χ1n) is 7.69. The second-order valence-electron chi connectivity index (χ2n) is 5.47. The molecule has 1 aromatic rings. The van der Waals surface area contributed by atoms with E-state index < -0.39 is 0 Å². The molecule has 1 saturated heterocycles. The first-order valence-corrected chi connectivity index (χ1v) is 8.07. The predicted octanol–water partition coefficient (Wildman–Crippen LogP) is 2.36. The van der Waals surface area contributed by atoms with E-state index in [1.165, 1.54) is 0 Å². The molecule has 0 aromatic heterocycles. The zero-order valence-corrected chi connectivity index (χ0v) is 14.2. The lowest BCUT2D eigenvalue weighted by molar-refractivity contribution is -0.117. The Kier molecular flexibility index (Phi) is 6.24. The summed E-state index contributed by atoms with van der Waals surface area (Å²) >= 11 is 5.95. The first-order chi connectivity index (χ1) is 11.0. The zero-order valence-electron chi connectivity index (χ0n) is 13.5. The van der Waals surface area contributed by atoms with Crippen molar-refractivity contribution in [3.63, 3.8) is 0 Å². The fourth-order valence-electron chi connectivity index (χ4n) is 2.43. The molecule has 126 valence electrons. The number of carbonyl (C=O) groups excluding carboxylic acids is 2. The van der Waals surface area contributed by atoms with E-state index >= 15 is 0 Å². The number of hydrogen-bond acceptors (Lipinski definition) is 4. The van der Waals surface area contributed by atoms with Gasteiger partial charge in [-0.3, -0.25) is 9.69 Å². The number of carbonyl (C=O) groups is 2. The number of ether oxygens (including phenoxy) is 1. The van der Waals surface area contributed by atoms with E-state index in [-0.39, 0.29) is 12.0 Å². The Labute approximate surface area is 141 Å². The molecule has 1 N–H and O–H groups in total. The highest BCUT2D eigenvalue weighted by Gasteiger charge is 2.23. The molecule has 23 heavy (non-hydrogen) atoms. The van der Waals surface area contributed by atoms with Gasteiger partial charge in [-0.1, -0.05) is 17.7 Å². The van der Waals surface area contributed by atoms with Crippen molar-refractivity contribution >= 4 is 29.3 Å². The Hall–Kier alpha value is -1.79. The molecule has 1 aromatic carbocycles. The maximum Gasteiger partial charge on any atom is 0.409 e. The zero-order chi connectivity index (χ0) is 16.8. The van der Waals surface area contributed by atoms with Crippen molar-refractivity contribution in [2.75, 3.05) is 44.6 Å². The average molecular weight is 340 g/mol. The number of amides is 2. The van der Waals surface area contributed by atoms with Gasteiger partial charge in [0.2, 0.25) is 5.91 Å².